The first kappa shape index (κ1) is 20.7. The molecule has 0 bridgehead atoms. The Bertz CT molecular complexity index is 1170. The number of rotatable bonds is 4. The number of nitrogens with one attached hydrogen (secondary N) is 1. The predicted octanol–water partition coefficient (Wildman–Crippen LogP) is 1.80. The van der Waals surface area contributed by atoms with Crippen molar-refractivity contribution in [2.45, 2.75) is 46.1 Å². The highest BCUT2D eigenvalue weighted by atomic mass is 32.1. The van der Waals surface area contributed by atoms with Crippen LogP contribution in [0.25, 0.3) is 10.1 Å². The molecule has 3 aromatic rings. The average Bonchev–Trinajstić information content (AvgIpc) is 3.37. The maximum atomic E-state index is 13.4. The van der Waals surface area contributed by atoms with Gasteiger partial charge in [0.15, 0.2) is 0 Å². The number of thiophene rings is 1. The minimum atomic E-state index is -0.739. The summed E-state index contributed by atoms with van der Waals surface area (Å²) in [5.74, 6) is -0.333. The molecule has 160 valence electrons. The minimum Gasteiger partial charge on any atom is -0.389 e. The van der Waals surface area contributed by atoms with E-state index in [2.05, 4.69) is 15.3 Å². The summed E-state index contributed by atoms with van der Waals surface area (Å²) in [6, 6.07) is 0. The van der Waals surface area contributed by atoms with E-state index in [9.17, 15) is 14.7 Å². The highest BCUT2D eigenvalue weighted by Crippen LogP contribution is 2.36. The zero-order valence-corrected chi connectivity index (χ0v) is 18.5. The highest BCUT2D eigenvalue weighted by molar-refractivity contribution is 7.19. The van der Waals surface area contributed by atoms with Gasteiger partial charge in [-0.25, -0.2) is 9.75 Å². The Morgan fingerprint density at radius 3 is 2.70 bits per heavy atom. The Morgan fingerprint density at radius 1 is 1.40 bits per heavy atom. The van der Waals surface area contributed by atoms with Crippen molar-refractivity contribution in [2.24, 2.45) is 7.05 Å². The number of β-amino-alcohol motifs (C(OH)–C–C–N with tert-alkyl or cyclic N) is 1. The fourth-order valence-corrected chi connectivity index (χ4v) is 5.17. The number of aliphatic hydroxyl groups excluding tert-OH is 1. The molecule has 1 fully saturated rings. The molecule has 1 unspecified atom stereocenters. The van der Waals surface area contributed by atoms with Crippen LogP contribution in [0.5, 0.6) is 0 Å². The van der Waals surface area contributed by atoms with Crippen molar-refractivity contribution < 1.29 is 14.7 Å². The molecule has 2 N–H and O–H groups in total. The van der Waals surface area contributed by atoms with Gasteiger partial charge in [0.25, 0.3) is 11.5 Å². The van der Waals surface area contributed by atoms with Crippen LogP contribution in [0.1, 0.15) is 57.6 Å². The smallest absolute Gasteiger partial charge is 0.279 e. The van der Waals surface area contributed by atoms with Gasteiger partial charge in [0, 0.05) is 29.6 Å². The van der Waals surface area contributed by atoms with Crippen LogP contribution in [-0.4, -0.2) is 55.3 Å². The molecule has 9 nitrogen and oxygen atoms in total. The van der Waals surface area contributed by atoms with Crippen LogP contribution in [0.15, 0.2) is 4.79 Å². The van der Waals surface area contributed by atoms with Crippen LogP contribution in [-0.2, 0) is 18.3 Å². The number of H-pyrrole nitrogens is 1. The Morgan fingerprint density at radius 2 is 2.13 bits per heavy atom. The Labute approximate surface area is 177 Å². The summed E-state index contributed by atoms with van der Waals surface area (Å²) in [6.45, 7) is 7.99. The van der Waals surface area contributed by atoms with E-state index in [1.165, 1.54) is 16.0 Å². The molecule has 1 saturated heterocycles. The largest absolute Gasteiger partial charge is 0.389 e. The summed E-state index contributed by atoms with van der Waals surface area (Å²) < 4.78 is 2.02. The van der Waals surface area contributed by atoms with Gasteiger partial charge in [0.1, 0.15) is 12.7 Å². The minimum absolute atomic E-state index is 0.0555. The van der Waals surface area contributed by atoms with Gasteiger partial charge in [-0.2, -0.15) is 10.2 Å². The quantitative estimate of drug-likeness (QED) is 0.651. The van der Waals surface area contributed by atoms with E-state index in [1.807, 2.05) is 27.7 Å². The van der Waals surface area contributed by atoms with E-state index < -0.39 is 12.0 Å². The molecule has 0 aliphatic carbocycles. The number of aliphatic hydroxyl groups is 1. The van der Waals surface area contributed by atoms with Crippen LogP contribution in [0.2, 0.25) is 0 Å². The topological polar surface area (TPSA) is 113 Å². The molecular formula is C20H25N5O4S. The number of nitrogens with zero attached hydrogens (tertiary/aromatic N) is 4. The van der Waals surface area contributed by atoms with Crippen LogP contribution >= 0.6 is 11.3 Å². The lowest BCUT2D eigenvalue weighted by Crippen LogP contribution is -2.31. The molecule has 4 rings (SSSR count). The van der Waals surface area contributed by atoms with E-state index in [1.54, 1.807) is 7.05 Å². The van der Waals surface area contributed by atoms with E-state index in [0.29, 0.717) is 17.4 Å². The van der Waals surface area contributed by atoms with E-state index in [0.717, 1.165) is 37.3 Å². The first-order chi connectivity index (χ1) is 14.2. The highest BCUT2D eigenvalue weighted by Gasteiger charge is 2.33. The fraction of sp³-hybridized carbons (Fsp3) is 0.500. The van der Waals surface area contributed by atoms with Crippen LogP contribution in [0.3, 0.4) is 0 Å². The van der Waals surface area contributed by atoms with Crippen molar-refractivity contribution in [2.75, 3.05) is 13.2 Å². The van der Waals surface area contributed by atoms with Crippen molar-refractivity contribution in [1.82, 2.24) is 25.0 Å². The van der Waals surface area contributed by atoms with Gasteiger partial charge in [0.05, 0.1) is 33.6 Å². The Hall–Kier alpha value is -2.56. The van der Waals surface area contributed by atoms with Gasteiger partial charge >= 0.3 is 0 Å². The summed E-state index contributed by atoms with van der Waals surface area (Å²) in [6.07, 6.45) is -0.275. The number of aryl methyl sites for hydroxylation is 3. The molecule has 0 saturated carbocycles. The van der Waals surface area contributed by atoms with Crippen LogP contribution in [0, 0.1) is 13.8 Å². The lowest BCUT2D eigenvalue weighted by molar-refractivity contribution is -0.0778. The maximum Gasteiger partial charge on any atom is 0.279 e. The van der Waals surface area contributed by atoms with Crippen molar-refractivity contribution in [3.63, 3.8) is 0 Å². The second kappa shape index (κ2) is 7.60. The monoisotopic (exact) mass is 431 g/mol. The average molecular weight is 432 g/mol. The summed E-state index contributed by atoms with van der Waals surface area (Å²) in [4.78, 5) is 32.7. The predicted molar refractivity (Wildman–Crippen MR) is 113 cm³/mol. The Kier molecular flexibility index (Phi) is 5.25. The van der Waals surface area contributed by atoms with E-state index in [4.69, 9.17) is 4.84 Å². The SMILES string of the molecule is Cc1n[nH]c(C)c1Cc1sc2c(C(C)C)nn(C)c(=O)c2c1C(=O)N1CC(O)CO1. The first-order valence-electron chi connectivity index (χ1n) is 9.84. The molecule has 10 heteroatoms. The molecule has 4 heterocycles. The van der Waals surface area contributed by atoms with E-state index in [-0.39, 0.29) is 24.6 Å². The van der Waals surface area contributed by atoms with Crippen molar-refractivity contribution in [3.8, 4) is 0 Å². The fourth-order valence-electron chi connectivity index (χ4n) is 3.74. The van der Waals surface area contributed by atoms with Gasteiger partial charge < -0.3 is 5.11 Å². The van der Waals surface area contributed by atoms with Crippen LogP contribution in [0.4, 0.5) is 0 Å². The standard InChI is InChI=1S/C20H25N5O4S/c1-9(2)17-18-16(19(27)24(5)23-17)15(20(28)25-7-12(26)8-29-25)14(30-18)6-13-10(3)21-22-11(13)4/h9,12,26H,6-8H2,1-5H3,(H,21,22). The summed E-state index contributed by atoms with van der Waals surface area (Å²) in [5, 5.41) is 23.0. The molecule has 30 heavy (non-hydrogen) atoms. The zero-order chi connectivity index (χ0) is 21.7. The number of amides is 1. The molecule has 0 aromatic carbocycles. The maximum absolute atomic E-state index is 13.4. The number of aromatic amines is 1. The van der Waals surface area contributed by atoms with Crippen molar-refractivity contribution in [1.29, 1.82) is 0 Å². The number of hydrogen-bond acceptors (Lipinski definition) is 7. The van der Waals surface area contributed by atoms with Crippen molar-refractivity contribution >= 4 is 27.3 Å². The summed E-state index contributed by atoms with van der Waals surface area (Å²) >= 11 is 1.42. The zero-order valence-electron chi connectivity index (χ0n) is 17.6. The molecule has 0 radical (unpaired) electrons. The normalized spacial score (nSPS) is 16.9. The third-order valence-electron chi connectivity index (χ3n) is 5.38. The molecule has 1 aliphatic heterocycles. The summed E-state index contributed by atoms with van der Waals surface area (Å²) in [5.41, 5.74) is 3.56. The second-order valence-electron chi connectivity index (χ2n) is 7.98. The number of hydroxylamine groups is 2. The number of carbonyl (C=O) groups is 1. The van der Waals surface area contributed by atoms with Gasteiger partial charge in [0.2, 0.25) is 0 Å². The molecule has 1 amide bonds. The van der Waals surface area contributed by atoms with Crippen molar-refractivity contribution in [3.05, 3.63) is 43.4 Å². The van der Waals surface area contributed by atoms with Gasteiger partial charge in [-0.3, -0.25) is 19.5 Å². The lowest BCUT2D eigenvalue weighted by Gasteiger charge is -2.15. The molecular weight excluding hydrogens is 406 g/mol. The Balaban J connectivity index is 1.97. The number of hydrogen-bond donors (Lipinski definition) is 2. The molecule has 0 spiro atoms. The first-order valence-corrected chi connectivity index (χ1v) is 10.7. The van der Waals surface area contributed by atoms with Crippen LogP contribution < -0.4 is 5.56 Å². The van der Waals surface area contributed by atoms with Gasteiger partial charge in [-0.1, -0.05) is 13.8 Å². The van der Waals surface area contributed by atoms with Gasteiger partial charge in [-0.05, 0) is 19.8 Å². The van der Waals surface area contributed by atoms with E-state index >= 15 is 0 Å². The molecule has 3 aromatic heterocycles. The number of carbonyl (C=O) groups excluding carboxylic acids is 1. The summed E-state index contributed by atoms with van der Waals surface area (Å²) in [7, 11) is 1.60. The number of aromatic nitrogens is 4. The molecule has 1 aliphatic rings. The third kappa shape index (κ3) is 3.34. The molecule has 1 atom stereocenters. The van der Waals surface area contributed by atoms with Gasteiger partial charge in [-0.15, -0.1) is 11.3 Å². The third-order valence-corrected chi connectivity index (χ3v) is 6.60. The number of fused-ring (bicyclic) bond motifs is 1. The second-order valence-corrected chi connectivity index (χ2v) is 9.08. The lowest BCUT2D eigenvalue weighted by atomic mass is 10.0.